The van der Waals surface area contributed by atoms with Crippen molar-refractivity contribution in [3.8, 4) is 0 Å². The van der Waals surface area contributed by atoms with Crippen LogP contribution in [0.3, 0.4) is 0 Å². The average Bonchev–Trinajstić information content (AvgIpc) is 3.20. The Labute approximate surface area is 131 Å². The molecule has 3 rings (SSSR count). The van der Waals surface area contributed by atoms with Gasteiger partial charge in [-0.2, -0.15) is 0 Å². The van der Waals surface area contributed by atoms with Gasteiger partial charge in [-0.3, -0.25) is 4.84 Å². The maximum atomic E-state index is 12.5. The number of fused-ring (bicyclic) bond motifs is 1. The molecule has 0 heterocycles. The van der Waals surface area contributed by atoms with Gasteiger partial charge in [0.05, 0.1) is 18.8 Å². The SMILES string of the molecule is O=C(NOC1CCCC1)N(CCO)C1CCc2ccccc21. The van der Waals surface area contributed by atoms with Gasteiger partial charge in [0, 0.05) is 6.54 Å². The van der Waals surface area contributed by atoms with Crippen molar-refractivity contribution in [3.63, 3.8) is 0 Å². The van der Waals surface area contributed by atoms with Gasteiger partial charge >= 0.3 is 6.03 Å². The molecule has 1 aromatic carbocycles. The number of hydroxylamine groups is 1. The minimum absolute atomic E-state index is 0.0236. The fourth-order valence-corrected chi connectivity index (χ4v) is 3.56. The monoisotopic (exact) mass is 304 g/mol. The van der Waals surface area contributed by atoms with Crippen LogP contribution in [0.1, 0.15) is 49.3 Å². The molecule has 120 valence electrons. The highest BCUT2D eigenvalue weighted by molar-refractivity contribution is 5.74. The Kier molecular flexibility index (Phi) is 4.95. The van der Waals surface area contributed by atoms with Crippen molar-refractivity contribution < 1.29 is 14.7 Å². The number of carbonyl (C=O) groups excluding carboxylic acids is 1. The van der Waals surface area contributed by atoms with Crippen LogP contribution in [0.25, 0.3) is 0 Å². The molecule has 0 aromatic heterocycles. The largest absolute Gasteiger partial charge is 0.395 e. The Bertz CT molecular complexity index is 514. The van der Waals surface area contributed by atoms with E-state index < -0.39 is 0 Å². The number of aryl methyl sites for hydroxylation is 1. The van der Waals surface area contributed by atoms with Crippen molar-refractivity contribution in [2.24, 2.45) is 0 Å². The zero-order chi connectivity index (χ0) is 15.4. The summed E-state index contributed by atoms with van der Waals surface area (Å²) in [6.07, 6.45) is 6.35. The van der Waals surface area contributed by atoms with Gasteiger partial charge in [-0.1, -0.05) is 37.1 Å². The first-order chi connectivity index (χ1) is 10.8. The maximum absolute atomic E-state index is 12.5. The number of nitrogens with zero attached hydrogens (tertiary/aromatic N) is 1. The Morgan fingerprint density at radius 1 is 1.27 bits per heavy atom. The molecule has 1 unspecified atom stereocenters. The quantitative estimate of drug-likeness (QED) is 0.822. The number of aliphatic hydroxyl groups excluding tert-OH is 1. The zero-order valence-corrected chi connectivity index (χ0v) is 12.8. The third kappa shape index (κ3) is 3.25. The smallest absolute Gasteiger partial charge is 0.341 e. The first-order valence-corrected chi connectivity index (χ1v) is 8.20. The van der Waals surface area contributed by atoms with Crippen LogP contribution in [0.5, 0.6) is 0 Å². The Balaban J connectivity index is 1.65. The summed E-state index contributed by atoms with van der Waals surface area (Å²) in [6, 6.07) is 7.99. The molecule has 2 amide bonds. The predicted octanol–water partition coefficient (Wildman–Crippen LogP) is 2.55. The summed E-state index contributed by atoms with van der Waals surface area (Å²) < 4.78 is 0. The highest BCUT2D eigenvalue weighted by Gasteiger charge is 2.31. The number of hydrogen-bond donors (Lipinski definition) is 2. The summed E-state index contributed by atoms with van der Waals surface area (Å²) in [4.78, 5) is 19.7. The van der Waals surface area contributed by atoms with E-state index in [-0.39, 0.29) is 24.8 Å². The number of hydrogen-bond acceptors (Lipinski definition) is 3. The Morgan fingerprint density at radius 3 is 2.82 bits per heavy atom. The molecule has 5 nitrogen and oxygen atoms in total. The number of benzene rings is 1. The van der Waals surface area contributed by atoms with Crippen LogP contribution < -0.4 is 5.48 Å². The van der Waals surface area contributed by atoms with Crippen LogP contribution >= 0.6 is 0 Å². The molecule has 22 heavy (non-hydrogen) atoms. The molecular weight excluding hydrogens is 280 g/mol. The molecule has 0 saturated heterocycles. The number of carbonyl (C=O) groups is 1. The Hall–Kier alpha value is -1.59. The molecule has 5 heteroatoms. The van der Waals surface area contributed by atoms with Crippen molar-refractivity contribution >= 4 is 6.03 Å². The summed E-state index contributed by atoms with van der Waals surface area (Å²) in [5.74, 6) is 0. The van der Waals surface area contributed by atoms with Crippen LogP contribution in [0.15, 0.2) is 24.3 Å². The Morgan fingerprint density at radius 2 is 2.05 bits per heavy atom. The second kappa shape index (κ2) is 7.11. The van der Waals surface area contributed by atoms with Gasteiger partial charge in [0.25, 0.3) is 0 Å². The van der Waals surface area contributed by atoms with Crippen LogP contribution in [0.4, 0.5) is 4.79 Å². The fraction of sp³-hybridized carbons (Fsp3) is 0.588. The molecule has 1 atom stereocenters. The number of amides is 2. The summed E-state index contributed by atoms with van der Waals surface area (Å²) in [7, 11) is 0. The highest BCUT2D eigenvalue weighted by Crippen LogP contribution is 2.35. The highest BCUT2D eigenvalue weighted by atomic mass is 16.7. The lowest BCUT2D eigenvalue weighted by atomic mass is 10.1. The van der Waals surface area contributed by atoms with Crippen molar-refractivity contribution in [3.05, 3.63) is 35.4 Å². The molecule has 2 aliphatic rings. The van der Waals surface area contributed by atoms with Crippen LogP contribution in [0, 0.1) is 0 Å². The molecule has 1 saturated carbocycles. The molecule has 1 fully saturated rings. The molecule has 0 aliphatic heterocycles. The lowest BCUT2D eigenvalue weighted by Gasteiger charge is -2.29. The maximum Gasteiger partial charge on any atom is 0.341 e. The van der Waals surface area contributed by atoms with Gasteiger partial charge in [-0.15, -0.1) is 0 Å². The minimum atomic E-state index is -0.248. The lowest BCUT2D eigenvalue weighted by molar-refractivity contribution is -0.0120. The van der Waals surface area contributed by atoms with Crippen LogP contribution in [-0.4, -0.2) is 35.3 Å². The first kappa shape index (κ1) is 15.3. The second-order valence-corrected chi connectivity index (χ2v) is 6.10. The van der Waals surface area contributed by atoms with Crippen molar-refractivity contribution in [1.29, 1.82) is 0 Å². The third-order valence-corrected chi connectivity index (χ3v) is 4.69. The molecule has 2 N–H and O–H groups in total. The standard InChI is InChI=1S/C17H24N2O3/c20-12-11-19(17(21)18-22-14-6-2-3-7-14)16-10-9-13-5-1-4-8-15(13)16/h1,4-5,8,14,16,20H,2-3,6-7,9-12H2,(H,18,21). The van der Waals surface area contributed by atoms with E-state index >= 15 is 0 Å². The van der Waals surface area contributed by atoms with Gasteiger partial charge < -0.3 is 10.0 Å². The van der Waals surface area contributed by atoms with E-state index in [1.165, 1.54) is 11.1 Å². The van der Waals surface area contributed by atoms with Crippen molar-refractivity contribution in [2.75, 3.05) is 13.2 Å². The second-order valence-electron chi connectivity index (χ2n) is 6.10. The zero-order valence-electron chi connectivity index (χ0n) is 12.8. The van der Waals surface area contributed by atoms with Crippen LogP contribution in [0.2, 0.25) is 0 Å². The number of aliphatic hydroxyl groups is 1. The summed E-state index contributed by atoms with van der Waals surface area (Å²) >= 11 is 0. The first-order valence-electron chi connectivity index (χ1n) is 8.20. The molecule has 2 aliphatic carbocycles. The van der Waals surface area contributed by atoms with E-state index in [0.29, 0.717) is 6.54 Å². The van der Waals surface area contributed by atoms with Gasteiger partial charge in [0.1, 0.15) is 0 Å². The molecule has 0 bridgehead atoms. The number of rotatable bonds is 5. The summed E-state index contributed by atoms with van der Waals surface area (Å²) in [5.41, 5.74) is 5.07. The molecular formula is C17H24N2O3. The van der Waals surface area contributed by atoms with E-state index in [1.807, 2.05) is 12.1 Å². The number of nitrogens with one attached hydrogen (secondary N) is 1. The van der Waals surface area contributed by atoms with Crippen LogP contribution in [-0.2, 0) is 11.3 Å². The molecule has 1 aromatic rings. The average molecular weight is 304 g/mol. The van der Waals surface area contributed by atoms with Gasteiger partial charge in [-0.05, 0) is 36.8 Å². The van der Waals surface area contributed by atoms with E-state index in [1.54, 1.807) is 4.90 Å². The fourth-order valence-electron chi connectivity index (χ4n) is 3.56. The summed E-state index contributed by atoms with van der Waals surface area (Å²) in [6.45, 7) is 0.272. The van der Waals surface area contributed by atoms with E-state index in [0.717, 1.165) is 38.5 Å². The van der Waals surface area contributed by atoms with E-state index in [2.05, 4.69) is 17.6 Å². The molecule has 0 radical (unpaired) electrons. The minimum Gasteiger partial charge on any atom is -0.395 e. The van der Waals surface area contributed by atoms with Gasteiger partial charge in [0.2, 0.25) is 0 Å². The van der Waals surface area contributed by atoms with Gasteiger partial charge in [0.15, 0.2) is 0 Å². The van der Waals surface area contributed by atoms with Crippen molar-refractivity contribution in [1.82, 2.24) is 10.4 Å². The third-order valence-electron chi connectivity index (χ3n) is 4.69. The topological polar surface area (TPSA) is 61.8 Å². The van der Waals surface area contributed by atoms with Crippen molar-refractivity contribution in [2.45, 2.75) is 50.7 Å². The summed E-state index contributed by atoms with van der Waals surface area (Å²) in [5, 5.41) is 9.31. The molecule has 0 spiro atoms. The lowest BCUT2D eigenvalue weighted by Crippen LogP contribution is -2.44. The van der Waals surface area contributed by atoms with Gasteiger partial charge in [-0.25, -0.2) is 10.3 Å². The normalized spacial score (nSPS) is 20.9. The van der Waals surface area contributed by atoms with E-state index in [4.69, 9.17) is 4.84 Å². The number of urea groups is 1. The van der Waals surface area contributed by atoms with E-state index in [9.17, 15) is 9.90 Å². The predicted molar refractivity (Wildman–Crippen MR) is 83.2 cm³/mol.